The van der Waals surface area contributed by atoms with E-state index in [-0.39, 0.29) is 17.4 Å². The molecule has 1 aliphatic heterocycles. The van der Waals surface area contributed by atoms with Gasteiger partial charge in [0.05, 0.1) is 6.10 Å². The third kappa shape index (κ3) is 3.35. The van der Waals surface area contributed by atoms with Gasteiger partial charge in [0.15, 0.2) is 0 Å². The average Bonchev–Trinajstić information content (AvgIpc) is 2.31. The summed E-state index contributed by atoms with van der Waals surface area (Å²) in [6, 6.07) is 0. The molecule has 0 radical (unpaired) electrons. The van der Waals surface area contributed by atoms with Crippen molar-refractivity contribution in [1.82, 2.24) is 4.90 Å². The molecule has 76 valence electrons. The van der Waals surface area contributed by atoms with E-state index in [9.17, 15) is 9.90 Å². The number of β-amino-alcohol motifs (C(OH)–C–C–N with tert-alkyl or cyclic N) is 1. The van der Waals surface area contributed by atoms with Gasteiger partial charge in [-0.3, -0.25) is 4.79 Å². The first-order chi connectivity index (χ1) is 5.88. The minimum Gasteiger partial charge on any atom is -0.391 e. The molecule has 3 heteroatoms. The first-order valence-electron chi connectivity index (χ1n) is 4.84. The van der Waals surface area contributed by atoms with Crippen molar-refractivity contribution in [2.45, 2.75) is 39.7 Å². The topological polar surface area (TPSA) is 40.5 Å². The fourth-order valence-corrected chi connectivity index (χ4v) is 1.53. The summed E-state index contributed by atoms with van der Waals surface area (Å²) in [5.41, 5.74) is 0.0463. The Labute approximate surface area is 79.7 Å². The lowest BCUT2D eigenvalue weighted by Gasteiger charge is -2.22. The number of carbonyl (C=O) groups excluding carboxylic acids is 1. The molecule has 1 saturated heterocycles. The van der Waals surface area contributed by atoms with Gasteiger partial charge in [-0.1, -0.05) is 20.8 Å². The molecule has 1 atom stereocenters. The highest BCUT2D eigenvalue weighted by molar-refractivity contribution is 5.77. The van der Waals surface area contributed by atoms with E-state index >= 15 is 0 Å². The smallest absolute Gasteiger partial charge is 0.223 e. The van der Waals surface area contributed by atoms with Gasteiger partial charge in [-0.15, -0.1) is 0 Å². The van der Waals surface area contributed by atoms with Crippen LogP contribution in [0.4, 0.5) is 0 Å². The zero-order chi connectivity index (χ0) is 10.1. The van der Waals surface area contributed by atoms with Crippen molar-refractivity contribution in [3.8, 4) is 0 Å². The van der Waals surface area contributed by atoms with Gasteiger partial charge in [-0.05, 0) is 11.8 Å². The molecule has 1 heterocycles. The molecule has 3 nitrogen and oxygen atoms in total. The first-order valence-corrected chi connectivity index (χ1v) is 4.84. The Balaban J connectivity index is 2.41. The van der Waals surface area contributed by atoms with Crippen LogP contribution in [0.1, 0.15) is 33.6 Å². The molecule has 1 amide bonds. The maximum absolute atomic E-state index is 11.6. The van der Waals surface area contributed by atoms with Crippen LogP contribution in [0.5, 0.6) is 0 Å². The van der Waals surface area contributed by atoms with Crippen molar-refractivity contribution in [2.24, 2.45) is 5.41 Å². The van der Waals surface area contributed by atoms with Gasteiger partial charge in [0.25, 0.3) is 0 Å². The summed E-state index contributed by atoms with van der Waals surface area (Å²) in [7, 11) is 0. The number of aliphatic hydroxyl groups is 1. The third-order valence-electron chi connectivity index (χ3n) is 2.20. The highest BCUT2D eigenvalue weighted by atomic mass is 16.3. The van der Waals surface area contributed by atoms with Gasteiger partial charge in [0, 0.05) is 19.5 Å². The van der Waals surface area contributed by atoms with Crippen LogP contribution in [0, 0.1) is 5.41 Å². The van der Waals surface area contributed by atoms with Crippen LogP contribution in [0.3, 0.4) is 0 Å². The number of amides is 1. The maximum Gasteiger partial charge on any atom is 0.223 e. The summed E-state index contributed by atoms with van der Waals surface area (Å²) in [6.07, 6.45) is 0.999. The molecule has 0 aromatic rings. The Morgan fingerprint density at radius 3 is 2.54 bits per heavy atom. The Kier molecular flexibility index (Phi) is 2.96. The first kappa shape index (κ1) is 10.5. The van der Waals surface area contributed by atoms with Crippen molar-refractivity contribution in [3.05, 3.63) is 0 Å². The summed E-state index contributed by atoms with van der Waals surface area (Å²) < 4.78 is 0. The monoisotopic (exact) mass is 185 g/mol. The fourth-order valence-electron chi connectivity index (χ4n) is 1.53. The summed E-state index contributed by atoms with van der Waals surface area (Å²) in [5.74, 6) is 0.170. The fraction of sp³-hybridized carbons (Fsp3) is 0.900. The summed E-state index contributed by atoms with van der Waals surface area (Å²) in [5, 5.41) is 9.25. The molecular formula is C10H19NO2. The molecule has 1 unspecified atom stereocenters. The Bertz CT molecular complexity index is 196. The van der Waals surface area contributed by atoms with Crippen molar-refractivity contribution >= 4 is 5.91 Å². The van der Waals surface area contributed by atoms with Crippen LogP contribution in [0.25, 0.3) is 0 Å². The lowest BCUT2D eigenvalue weighted by atomic mass is 9.92. The summed E-state index contributed by atoms with van der Waals surface area (Å²) in [4.78, 5) is 13.4. The van der Waals surface area contributed by atoms with Gasteiger partial charge >= 0.3 is 0 Å². The average molecular weight is 185 g/mol. The molecule has 0 aromatic carbocycles. The normalized spacial score (nSPS) is 23.7. The lowest BCUT2D eigenvalue weighted by molar-refractivity contribution is -0.132. The molecule has 0 spiro atoms. The molecule has 1 fully saturated rings. The highest BCUT2D eigenvalue weighted by Crippen LogP contribution is 2.21. The lowest BCUT2D eigenvalue weighted by Crippen LogP contribution is -2.32. The van der Waals surface area contributed by atoms with Crippen LogP contribution in [0.15, 0.2) is 0 Å². The second-order valence-electron chi connectivity index (χ2n) is 5.02. The number of aliphatic hydroxyl groups excluding tert-OH is 1. The van der Waals surface area contributed by atoms with E-state index < -0.39 is 0 Å². The van der Waals surface area contributed by atoms with Gasteiger partial charge in [0.2, 0.25) is 5.91 Å². The van der Waals surface area contributed by atoms with Crippen molar-refractivity contribution in [3.63, 3.8) is 0 Å². The minimum atomic E-state index is -0.302. The van der Waals surface area contributed by atoms with Crippen LogP contribution in [0.2, 0.25) is 0 Å². The molecule has 0 aliphatic carbocycles. The number of hydrogen-bond donors (Lipinski definition) is 1. The molecular weight excluding hydrogens is 166 g/mol. The summed E-state index contributed by atoms with van der Waals surface area (Å²) >= 11 is 0. The van der Waals surface area contributed by atoms with E-state index in [1.54, 1.807) is 4.90 Å². The minimum absolute atomic E-state index is 0.0463. The number of rotatable bonds is 1. The highest BCUT2D eigenvalue weighted by Gasteiger charge is 2.27. The second kappa shape index (κ2) is 3.66. The van der Waals surface area contributed by atoms with Crippen LogP contribution in [-0.4, -0.2) is 35.1 Å². The SMILES string of the molecule is CC(C)(C)CC(=O)N1CCC(O)C1. The molecule has 1 aliphatic rings. The van der Waals surface area contributed by atoms with E-state index in [0.717, 1.165) is 13.0 Å². The van der Waals surface area contributed by atoms with Gasteiger partial charge in [0.1, 0.15) is 0 Å². The quantitative estimate of drug-likeness (QED) is 0.662. The third-order valence-corrected chi connectivity index (χ3v) is 2.20. The molecule has 13 heavy (non-hydrogen) atoms. The van der Waals surface area contributed by atoms with Crippen LogP contribution in [-0.2, 0) is 4.79 Å². The number of likely N-dealkylation sites (tertiary alicyclic amines) is 1. The van der Waals surface area contributed by atoms with Crippen molar-refractivity contribution in [1.29, 1.82) is 0 Å². The van der Waals surface area contributed by atoms with E-state index in [1.165, 1.54) is 0 Å². The zero-order valence-electron chi connectivity index (χ0n) is 8.71. The predicted octanol–water partition coefficient (Wildman–Crippen LogP) is 1.02. The van der Waals surface area contributed by atoms with E-state index in [1.807, 2.05) is 0 Å². The standard InChI is InChI=1S/C10H19NO2/c1-10(2,3)6-9(13)11-5-4-8(12)7-11/h8,12H,4-7H2,1-3H3. The molecule has 0 bridgehead atoms. The Morgan fingerprint density at radius 1 is 1.54 bits per heavy atom. The van der Waals surface area contributed by atoms with E-state index in [4.69, 9.17) is 0 Å². The number of hydrogen-bond acceptors (Lipinski definition) is 2. The van der Waals surface area contributed by atoms with Gasteiger partial charge < -0.3 is 10.0 Å². The van der Waals surface area contributed by atoms with E-state index in [0.29, 0.717) is 13.0 Å². The van der Waals surface area contributed by atoms with Crippen LogP contribution < -0.4 is 0 Å². The zero-order valence-corrected chi connectivity index (χ0v) is 8.71. The van der Waals surface area contributed by atoms with Gasteiger partial charge in [-0.25, -0.2) is 0 Å². The maximum atomic E-state index is 11.6. The number of carbonyl (C=O) groups is 1. The molecule has 1 rings (SSSR count). The van der Waals surface area contributed by atoms with Crippen molar-refractivity contribution in [2.75, 3.05) is 13.1 Å². The molecule has 0 aromatic heterocycles. The van der Waals surface area contributed by atoms with Crippen molar-refractivity contribution < 1.29 is 9.90 Å². The molecule has 1 N–H and O–H groups in total. The molecule has 0 saturated carbocycles. The number of nitrogens with zero attached hydrogens (tertiary/aromatic N) is 1. The van der Waals surface area contributed by atoms with Crippen LogP contribution >= 0.6 is 0 Å². The predicted molar refractivity (Wildman–Crippen MR) is 51.3 cm³/mol. The summed E-state index contributed by atoms with van der Waals surface area (Å²) in [6.45, 7) is 7.40. The second-order valence-corrected chi connectivity index (χ2v) is 5.02. The van der Waals surface area contributed by atoms with Gasteiger partial charge in [-0.2, -0.15) is 0 Å². The Hall–Kier alpha value is -0.570. The Morgan fingerprint density at radius 2 is 2.15 bits per heavy atom. The largest absolute Gasteiger partial charge is 0.391 e. The van der Waals surface area contributed by atoms with E-state index in [2.05, 4.69) is 20.8 Å².